The van der Waals surface area contributed by atoms with Crippen molar-refractivity contribution in [3.63, 3.8) is 0 Å². The Hall–Kier alpha value is -2.78. The normalized spacial score (nSPS) is 20.4. The molecule has 5 rings (SSSR count). The van der Waals surface area contributed by atoms with E-state index in [9.17, 15) is 9.59 Å². The average molecular weight is 425 g/mol. The maximum atomic E-state index is 13.2. The van der Waals surface area contributed by atoms with Crippen LogP contribution in [0.4, 0.5) is 0 Å². The zero-order valence-corrected chi connectivity index (χ0v) is 17.6. The van der Waals surface area contributed by atoms with Gasteiger partial charge in [-0.15, -0.1) is 11.3 Å². The van der Waals surface area contributed by atoms with E-state index < -0.39 is 0 Å². The van der Waals surface area contributed by atoms with E-state index in [4.69, 9.17) is 0 Å². The molecule has 2 aliphatic rings. The monoisotopic (exact) mass is 424 g/mol. The minimum absolute atomic E-state index is 0.0153. The summed E-state index contributed by atoms with van der Waals surface area (Å²) in [6.07, 6.45) is 4.43. The molecule has 9 heteroatoms. The highest BCUT2D eigenvalue weighted by molar-refractivity contribution is 7.09. The maximum Gasteiger partial charge on any atom is 0.271 e. The Bertz CT molecular complexity index is 1090. The highest BCUT2D eigenvalue weighted by Crippen LogP contribution is 2.35. The van der Waals surface area contributed by atoms with Gasteiger partial charge in [-0.2, -0.15) is 5.10 Å². The van der Waals surface area contributed by atoms with Crippen molar-refractivity contribution >= 4 is 17.2 Å². The smallest absolute Gasteiger partial charge is 0.271 e. The molecule has 2 atom stereocenters. The number of H-pyrrole nitrogens is 1. The molecule has 2 bridgehead atoms. The summed E-state index contributed by atoms with van der Waals surface area (Å²) in [5.41, 5.74) is 2.47. The van der Waals surface area contributed by atoms with Crippen molar-refractivity contribution in [1.82, 2.24) is 29.5 Å². The zero-order chi connectivity index (χ0) is 20.7. The third kappa shape index (κ3) is 3.59. The van der Waals surface area contributed by atoms with Crippen molar-refractivity contribution in [3.05, 3.63) is 68.3 Å². The number of piperidine rings is 1. The predicted octanol–water partition coefficient (Wildman–Crippen LogP) is 1.92. The summed E-state index contributed by atoms with van der Waals surface area (Å²) in [6.45, 7) is 3.31. The van der Waals surface area contributed by atoms with Gasteiger partial charge in [0.2, 0.25) is 0 Å². The van der Waals surface area contributed by atoms with Crippen molar-refractivity contribution in [2.75, 3.05) is 20.1 Å². The molecule has 0 aliphatic carbocycles. The largest absolute Gasteiger partial charge is 0.336 e. The SMILES string of the molecule is CN(Cc1nccs1)Cc1ccc2n(c1=O)C[C@H]1C[C@@H]2CN(C(=O)c2ccn[nH]2)C1. The summed E-state index contributed by atoms with van der Waals surface area (Å²) in [5, 5.41) is 9.67. The predicted molar refractivity (Wildman–Crippen MR) is 113 cm³/mol. The third-order valence-corrected chi connectivity index (χ3v) is 6.79. The van der Waals surface area contributed by atoms with Gasteiger partial charge in [-0.3, -0.25) is 19.6 Å². The number of rotatable bonds is 5. The van der Waals surface area contributed by atoms with Crippen LogP contribution in [0.2, 0.25) is 0 Å². The molecular formula is C21H24N6O2S. The van der Waals surface area contributed by atoms with Crippen LogP contribution in [-0.4, -0.2) is 55.6 Å². The fraction of sp³-hybridized carbons (Fsp3) is 0.429. The lowest BCUT2D eigenvalue weighted by Gasteiger charge is -2.42. The molecule has 1 N–H and O–H groups in total. The molecule has 2 aliphatic heterocycles. The molecule has 0 aromatic carbocycles. The van der Waals surface area contributed by atoms with Crippen molar-refractivity contribution in [2.45, 2.75) is 32.0 Å². The Balaban J connectivity index is 1.34. The summed E-state index contributed by atoms with van der Waals surface area (Å²) >= 11 is 1.63. The number of fused-ring (bicyclic) bond motifs is 4. The number of thiazole rings is 1. The lowest BCUT2D eigenvalue weighted by molar-refractivity contribution is 0.0588. The first-order valence-corrected chi connectivity index (χ1v) is 11.0. The van der Waals surface area contributed by atoms with Crippen LogP contribution in [0, 0.1) is 5.92 Å². The van der Waals surface area contributed by atoms with Crippen LogP contribution in [0.5, 0.6) is 0 Å². The van der Waals surface area contributed by atoms with E-state index in [-0.39, 0.29) is 17.4 Å². The molecule has 0 radical (unpaired) electrons. The van der Waals surface area contributed by atoms with Gasteiger partial charge < -0.3 is 9.47 Å². The summed E-state index contributed by atoms with van der Waals surface area (Å²) in [5.74, 6) is 0.474. The second-order valence-corrected chi connectivity index (χ2v) is 9.26. The number of pyridine rings is 1. The van der Waals surface area contributed by atoms with Crippen LogP contribution < -0.4 is 5.56 Å². The van der Waals surface area contributed by atoms with Crippen LogP contribution >= 0.6 is 11.3 Å². The zero-order valence-electron chi connectivity index (χ0n) is 16.8. The lowest BCUT2D eigenvalue weighted by atomic mass is 9.83. The van der Waals surface area contributed by atoms with Crippen LogP contribution in [0.25, 0.3) is 0 Å². The highest BCUT2D eigenvalue weighted by atomic mass is 32.1. The van der Waals surface area contributed by atoms with Gasteiger partial charge >= 0.3 is 0 Å². The molecule has 3 aromatic rings. The number of aromatic nitrogens is 4. The molecule has 3 aromatic heterocycles. The molecule has 0 unspecified atom stereocenters. The first-order chi connectivity index (χ1) is 14.6. The van der Waals surface area contributed by atoms with E-state index in [1.807, 2.05) is 28.0 Å². The molecule has 156 valence electrons. The van der Waals surface area contributed by atoms with E-state index in [0.29, 0.717) is 37.8 Å². The summed E-state index contributed by atoms with van der Waals surface area (Å²) < 4.78 is 1.95. The first kappa shape index (κ1) is 19.2. The molecule has 5 heterocycles. The number of hydrogen-bond donors (Lipinski definition) is 1. The van der Waals surface area contributed by atoms with Crippen molar-refractivity contribution < 1.29 is 4.79 Å². The Morgan fingerprint density at radius 3 is 2.90 bits per heavy atom. The Morgan fingerprint density at radius 2 is 2.13 bits per heavy atom. The van der Waals surface area contributed by atoms with Crippen molar-refractivity contribution in [2.24, 2.45) is 5.92 Å². The van der Waals surface area contributed by atoms with Crippen LogP contribution in [0.15, 0.2) is 40.8 Å². The van der Waals surface area contributed by atoms with Gasteiger partial charge in [0.1, 0.15) is 10.7 Å². The number of nitrogens with zero attached hydrogens (tertiary/aromatic N) is 5. The van der Waals surface area contributed by atoms with Crippen LogP contribution in [0.3, 0.4) is 0 Å². The van der Waals surface area contributed by atoms with Gasteiger partial charge in [0.05, 0.1) is 6.54 Å². The van der Waals surface area contributed by atoms with E-state index >= 15 is 0 Å². The van der Waals surface area contributed by atoms with E-state index in [0.717, 1.165) is 29.2 Å². The van der Waals surface area contributed by atoms with E-state index in [1.54, 1.807) is 29.8 Å². The summed E-state index contributed by atoms with van der Waals surface area (Å²) in [6, 6.07) is 5.75. The minimum atomic E-state index is -0.0153. The standard InChI is InChI=1S/C21H24N6O2S/c1-25(13-19-22-6-7-30-19)11-15-2-3-18-16-8-14(10-27(18)20(15)28)9-26(12-16)21(29)17-4-5-23-24-17/h2-7,14,16H,8-13H2,1H3,(H,23,24)/t14-,16+/m0/s1. The number of aromatic amines is 1. The van der Waals surface area contributed by atoms with Gasteiger partial charge in [-0.05, 0) is 31.5 Å². The van der Waals surface area contributed by atoms with Gasteiger partial charge in [-0.25, -0.2) is 4.98 Å². The fourth-order valence-corrected chi connectivity index (χ4v) is 5.43. The second-order valence-electron chi connectivity index (χ2n) is 8.28. The molecule has 30 heavy (non-hydrogen) atoms. The Kier molecular flexibility index (Phi) is 5.00. The molecular weight excluding hydrogens is 400 g/mol. The van der Waals surface area contributed by atoms with Crippen molar-refractivity contribution in [1.29, 1.82) is 0 Å². The number of hydrogen-bond acceptors (Lipinski definition) is 6. The number of carbonyl (C=O) groups excluding carboxylic acids is 1. The molecule has 1 amide bonds. The Morgan fingerprint density at radius 1 is 1.23 bits per heavy atom. The molecule has 8 nitrogen and oxygen atoms in total. The third-order valence-electron chi connectivity index (χ3n) is 6.03. The van der Waals surface area contributed by atoms with Gasteiger partial charge in [0.25, 0.3) is 11.5 Å². The number of nitrogens with one attached hydrogen (secondary N) is 1. The summed E-state index contributed by atoms with van der Waals surface area (Å²) in [7, 11) is 2.01. The Labute approximate surface area is 178 Å². The molecule has 0 saturated carbocycles. The maximum absolute atomic E-state index is 13.2. The van der Waals surface area contributed by atoms with Gasteiger partial charge in [0, 0.05) is 61.1 Å². The van der Waals surface area contributed by atoms with E-state index in [2.05, 4.69) is 26.1 Å². The summed E-state index contributed by atoms with van der Waals surface area (Å²) in [4.78, 5) is 34.3. The first-order valence-electron chi connectivity index (χ1n) is 10.2. The molecule has 1 saturated heterocycles. The van der Waals surface area contributed by atoms with E-state index in [1.165, 1.54) is 0 Å². The fourth-order valence-electron chi connectivity index (χ4n) is 4.73. The molecule has 0 spiro atoms. The molecule has 1 fully saturated rings. The van der Waals surface area contributed by atoms with Gasteiger partial charge in [0.15, 0.2) is 0 Å². The van der Waals surface area contributed by atoms with Crippen molar-refractivity contribution in [3.8, 4) is 0 Å². The number of likely N-dealkylation sites (tertiary alicyclic amines) is 1. The van der Waals surface area contributed by atoms with Crippen LogP contribution in [0.1, 0.15) is 39.1 Å². The quantitative estimate of drug-likeness (QED) is 0.676. The highest BCUT2D eigenvalue weighted by Gasteiger charge is 2.37. The lowest BCUT2D eigenvalue weighted by Crippen LogP contribution is -2.49. The van der Waals surface area contributed by atoms with Crippen LogP contribution in [-0.2, 0) is 19.6 Å². The topological polar surface area (TPSA) is 87.1 Å². The second kappa shape index (κ2) is 7.81. The minimum Gasteiger partial charge on any atom is -0.336 e. The number of amides is 1. The number of carbonyl (C=O) groups is 1. The van der Waals surface area contributed by atoms with Gasteiger partial charge in [-0.1, -0.05) is 6.07 Å². The average Bonchev–Trinajstić information content (AvgIpc) is 3.44.